The highest BCUT2D eigenvalue weighted by molar-refractivity contribution is 7.90. The van der Waals surface area contributed by atoms with Gasteiger partial charge in [0.25, 0.3) is 10.0 Å². The van der Waals surface area contributed by atoms with E-state index in [0.717, 1.165) is 33.9 Å². The Kier molecular flexibility index (Phi) is 5.47. The van der Waals surface area contributed by atoms with Crippen LogP contribution in [0.2, 0.25) is 0 Å². The molecule has 0 aliphatic heterocycles. The molecule has 0 spiro atoms. The summed E-state index contributed by atoms with van der Waals surface area (Å²) in [6, 6.07) is 10.4. The van der Waals surface area contributed by atoms with Crippen molar-refractivity contribution in [3.05, 3.63) is 64.3 Å². The monoisotopic (exact) mass is 439 g/mol. The third kappa shape index (κ3) is 3.47. The topological polar surface area (TPSA) is 82.4 Å². The van der Waals surface area contributed by atoms with Crippen LogP contribution in [0.3, 0.4) is 0 Å². The van der Waals surface area contributed by atoms with Crippen molar-refractivity contribution in [3.8, 4) is 0 Å². The van der Waals surface area contributed by atoms with Crippen LogP contribution in [0.1, 0.15) is 46.7 Å². The minimum Gasteiger partial charge on any atom is -0.469 e. The molecule has 162 valence electrons. The lowest BCUT2D eigenvalue weighted by Gasteiger charge is -2.22. The van der Waals surface area contributed by atoms with Gasteiger partial charge in [0.2, 0.25) is 0 Å². The standard InChI is InChI=1S/C24H25NO5S/c1-15-4-9-19(10-5-15)31(28,29)25-16(2)20-11-6-18(14-26)23-17(8-13-22(27)30-3)7-12-21(25)24(20)23/h4-5,7,9-10,12,14,18H,6,8,11,13H2,1-3H3. The van der Waals surface area contributed by atoms with Gasteiger partial charge in [-0.25, -0.2) is 12.4 Å². The van der Waals surface area contributed by atoms with Gasteiger partial charge >= 0.3 is 5.97 Å². The molecule has 4 rings (SSSR count). The molecule has 0 fully saturated rings. The molecular weight excluding hydrogens is 414 g/mol. The van der Waals surface area contributed by atoms with Crippen LogP contribution in [0.25, 0.3) is 10.9 Å². The molecule has 1 unspecified atom stereocenters. The van der Waals surface area contributed by atoms with Gasteiger partial charge in [-0.15, -0.1) is 0 Å². The lowest BCUT2D eigenvalue weighted by atomic mass is 9.80. The number of aryl methyl sites for hydroxylation is 3. The molecule has 0 amide bonds. The number of aldehydes is 1. The first-order valence-corrected chi connectivity index (χ1v) is 11.7. The predicted octanol–water partition coefficient (Wildman–Crippen LogP) is 3.83. The quantitative estimate of drug-likeness (QED) is 0.431. The first kappa shape index (κ1) is 21.3. The Bertz CT molecular complexity index is 1290. The molecule has 1 atom stereocenters. The van der Waals surface area contributed by atoms with E-state index in [0.29, 0.717) is 30.5 Å². The van der Waals surface area contributed by atoms with Crippen molar-refractivity contribution in [2.24, 2.45) is 0 Å². The van der Waals surface area contributed by atoms with Crippen molar-refractivity contribution in [2.75, 3.05) is 7.11 Å². The van der Waals surface area contributed by atoms with Crippen molar-refractivity contribution < 1.29 is 22.7 Å². The summed E-state index contributed by atoms with van der Waals surface area (Å²) < 4.78 is 33.3. The molecule has 31 heavy (non-hydrogen) atoms. The highest BCUT2D eigenvalue weighted by atomic mass is 32.2. The van der Waals surface area contributed by atoms with E-state index >= 15 is 0 Å². The van der Waals surface area contributed by atoms with E-state index in [2.05, 4.69) is 0 Å². The maximum atomic E-state index is 13.6. The summed E-state index contributed by atoms with van der Waals surface area (Å²) in [5.74, 6) is -0.636. The summed E-state index contributed by atoms with van der Waals surface area (Å²) in [5, 5.41) is 0.832. The second kappa shape index (κ2) is 7.96. The van der Waals surface area contributed by atoms with Crippen LogP contribution in [0.4, 0.5) is 0 Å². The number of methoxy groups -OCH3 is 1. The van der Waals surface area contributed by atoms with Gasteiger partial charge in [-0.05, 0) is 68.0 Å². The zero-order valence-corrected chi connectivity index (χ0v) is 18.7. The molecule has 0 N–H and O–H groups in total. The summed E-state index contributed by atoms with van der Waals surface area (Å²) in [6.07, 6.45) is 2.83. The summed E-state index contributed by atoms with van der Waals surface area (Å²) in [6.45, 7) is 3.73. The zero-order valence-electron chi connectivity index (χ0n) is 17.8. The molecule has 1 aliphatic carbocycles. The second-order valence-corrected chi connectivity index (χ2v) is 9.82. The van der Waals surface area contributed by atoms with Gasteiger partial charge < -0.3 is 9.53 Å². The van der Waals surface area contributed by atoms with Gasteiger partial charge in [-0.3, -0.25) is 4.79 Å². The summed E-state index contributed by atoms with van der Waals surface area (Å²) in [5.41, 5.74) is 4.93. The lowest BCUT2D eigenvalue weighted by molar-refractivity contribution is -0.140. The lowest BCUT2D eigenvalue weighted by Crippen LogP contribution is -2.14. The Labute approximate surface area is 181 Å². The Morgan fingerprint density at radius 3 is 2.52 bits per heavy atom. The number of benzene rings is 2. The molecule has 0 radical (unpaired) electrons. The van der Waals surface area contributed by atoms with Gasteiger partial charge in [-0.1, -0.05) is 23.8 Å². The maximum Gasteiger partial charge on any atom is 0.305 e. The minimum atomic E-state index is -3.80. The van der Waals surface area contributed by atoms with Crippen molar-refractivity contribution in [1.29, 1.82) is 0 Å². The molecule has 2 aromatic carbocycles. The molecule has 6 nitrogen and oxygen atoms in total. The number of carbonyl (C=O) groups is 2. The van der Waals surface area contributed by atoms with Crippen molar-refractivity contribution >= 4 is 33.2 Å². The first-order chi connectivity index (χ1) is 14.8. The normalized spacial score (nSPS) is 15.8. The van der Waals surface area contributed by atoms with E-state index in [1.165, 1.54) is 11.1 Å². The van der Waals surface area contributed by atoms with E-state index in [4.69, 9.17) is 4.74 Å². The molecule has 1 heterocycles. The number of aromatic nitrogens is 1. The SMILES string of the molecule is COC(=O)CCc1ccc2c3c(c(C)n2S(=O)(=O)c2ccc(C)cc2)CCC(C=O)c13. The Morgan fingerprint density at radius 1 is 1.16 bits per heavy atom. The van der Waals surface area contributed by atoms with Gasteiger partial charge in [0.15, 0.2) is 0 Å². The first-order valence-electron chi connectivity index (χ1n) is 10.3. The molecule has 3 aromatic rings. The fourth-order valence-electron chi connectivity index (χ4n) is 4.61. The smallest absolute Gasteiger partial charge is 0.305 e. The number of carbonyl (C=O) groups excluding carboxylic acids is 2. The minimum absolute atomic E-state index is 0.206. The predicted molar refractivity (Wildman–Crippen MR) is 118 cm³/mol. The molecule has 0 bridgehead atoms. The molecule has 1 aromatic heterocycles. The van der Waals surface area contributed by atoms with Crippen LogP contribution in [0.15, 0.2) is 41.3 Å². The molecule has 0 saturated heterocycles. The fourth-order valence-corrected chi connectivity index (χ4v) is 6.19. The average Bonchev–Trinajstić information content (AvgIpc) is 3.06. The number of rotatable bonds is 6. The Hall–Kier alpha value is -2.93. The summed E-state index contributed by atoms with van der Waals surface area (Å²) >= 11 is 0. The highest BCUT2D eigenvalue weighted by Crippen LogP contribution is 2.42. The van der Waals surface area contributed by atoms with Crippen molar-refractivity contribution in [1.82, 2.24) is 3.97 Å². The number of ether oxygens (including phenoxy) is 1. The van der Waals surface area contributed by atoms with Crippen LogP contribution in [0, 0.1) is 13.8 Å². The van der Waals surface area contributed by atoms with Crippen LogP contribution < -0.4 is 0 Å². The molecular formula is C24H25NO5S. The van der Waals surface area contributed by atoms with Crippen molar-refractivity contribution in [3.63, 3.8) is 0 Å². The van der Waals surface area contributed by atoms with E-state index in [1.807, 2.05) is 19.9 Å². The van der Waals surface area contributed by atoms with E-state index in [-0.39, 0.29) is 23.2 Å². The molecule has 7 heteroatoms. The molecule has 1 aliphatic rings. The van der Waals surface area contributed by atoms with Gasteiger partial charge in [0.05, 0.1) is 17.5 Å². The number of nitrogens with zero attached hydrogens (tertiary/aromatic N) is 1. The highest BCUT2D eigenvalue weighted by Gasteiger charge is 2.32. The maximum absolute atomic E-state index is 13.6. The number of hydrogen-bond acceptors (Lipinski definition) is 5. The summed E-state index contributed by atoms with van der Waals surface area (Å²) in [4.78, 5) is 23.8. The summed E-state index contributed by atoms with van der Waals surface area (Å²) in [7, 11) is -2.46. The van der Waals surface area contributed by atoms with Gasteiger partial charge in [-0.2, -0.15) is 0 Å². The Balaban J connectivity index is 1.95. The van der Waals surface area contributed by atoms with Crippen LogP contribution >= 0.6 is 0 Å². The second-order valence-electron chi connectivity index (χ2n) is 8.04. The fraction of sp³-hybridized carbons (Fsp3) is 0.333. The number of esters is 1. The Morgan fingerprint density at radius 2 is 1.87 bits per heavy atom. The van der Waals surface area contributed by atoms with Gasteiger partial charge in [0.1, 0.15) is 6.29 Å². The third-order valence-electron chi connectivity index (χ3n) is 6.20. The van der Waals surface area contributed by atoms with Crippen LogP contribution in [0.5, 0.6) is 0 Å². The van der Waals surface area contributed by atoms with E-state index in [1.54, 1.807) is 30.3 Å². The van der Waals surface area contributed by atoms with Crippen molar-refractivity contribution in [2.45, 2.75) is 50.3 Å². The average molecular weight is 440 g/mol. The van der Waals surface area contributed by atoms with Gasteiger partial charge in [0, 0.05) is 23.4 Å². The number of hydrogen-bond donors (Lipinski definition) is 0. The largest absolute Gasteiger partial charge is 0.469 e. The van der Waals surface area contributed by atoms with E-state index in [9.17, 15) is 18.0 Å². The molecule has 0 saturated carbocycles. The van der Waals surface area contributed by atoms with Crippen LogP contribution in [-0.2, 0) is 37.2 Å². The van der Waals surface area contributed by atoms with Crippen LogP contribution in [-0.4, -0.2) is 31.8 Å². The van der Waals surface area contributed by atoms with E-state index < -0.39 is 10.0 Å². The third-order valence-corrected chi connectivity index (χ3v) is 8.02. The zero-order chi connectivity index (χ0) is 22.3.